The van der Waals surface area contributed by atoms with Crippen molar-refractivity contribution in [3.8, 4) is 0 Å². The fourth-order valence-electron chi connectivity index (χ4n) is 3.82. The second-order valence-corrected chi connectivity index (χ2v) is 8.25. The lowest BCUT2D eigenvalue weighted by Crippen LogP contribution is -2.48. The van der Waals surface area contributed by atoms with Gasteiger partial charge in [-0.2, -0.15) is 0 Å². The number of hydrazine groups is 1. The standard InChI is InChI=1S/C26H26N4O3/c1-19-13-15-21(16-14-19)26(2)24(32)29(25(33)27-26)18-23(31)28-30(22-11-7-4-8-12-22)17-20-9-5-3-6-10-20/h3-16H,17-18H2,1-2H3,(H,27,33)(H,28,31). The largest absolute Gasteiger partial charge is 0.325 e. The molecule has 3 aromatic carbocycles. The third kappa shape index (κ3) is 4.72. The molecule has 7 nitrogen and oxygen atoms in total. The molecule has 0 aliphatic carbocycles. The van der Waals surface area contributed by atoms with Gasteiger partial charge in [0, 0.05) is 0 Å². The summed E-state index contributed by atoms with van der Waals surface area (Å²) in [5.74, 6) is -0.924. The Labute approximate surface area is 193 Å². The first-order valence-electron chi connectivity index (χ1n) is 10.7. The average molecular weight is 443 g/mol. The first kappa shape index (κ1) is 22.1. The smallest absolute Gasteiger partial charge is 0.319 e. The highest BCUT2D eigenvalue weighted by Crippen LogP contribution is 2.29. The van der Waals surface area contributed by atoms with Gasteiger partial charge in [0.1, 0.15) is 12.1 Å². The molecule has 0 saturated carbocycles. The average Bonchev–Trinajstić information content (AvgIpc) is 3.04. The first-order chi connectivity index (χ1) is 15.9. The van der Waals surface area contributed by atoms with Crippen LogP contribution in [0.4, 0.5) is 10.5 Å². The molecule has 7 heteroatoms. The van der Waals surface area contributed by atoms with E-state index in [0.717, 1.165) is 21.7 Å². The van der Waals surface area contributed by atoms with E-state index in [1.807, 2.05) is 91.9 Å². The maximum absolute atomic E-state index is 13.2. The van der Waals surface area contributed by atoms with Gasteiger partial charge in [0.25, 0.3) is 11.8 Å². The lowest BCUT2D eigenvalue weighted by molar-refractivity contribution is -0.134. The molecule has 3 aromatic rings. The fourth-order valence-corrected chi connectivity index (χ4v) is 3.82. The number of rotatable bonds is 7. The van der Waals surface area contributed by atoms with Crippen LogP contribution in [0.15, 0.2) is 84.9 Å². The van der Waals surface area contributed by atoms with E-state index in [1.165, 1.54) is 0 Å². The van der Waals surface area contributed by atoms with Crippen LogP contribution in [0.2, 0.25) is 0 Å². The summed E-state index contributed by atoms with van der Waals surface area (Å²) in [5, 5.41) is 4.44. The molecule has 0 spiro atoms. The third-order valence-electron chi connectivity index (χ3n) is 5.72. The summed E-state index contributed by atoms with van der Waals surface area (Å²) in [6, 6.07) is 25.9. The number of hydrogen-bond acceptors (Lipinski definition) is 4. The molecule has 2 N–H and O–H groups in total. The molecule has 4 amide bonds. The first-order valence-corrected chi connectivity index (χ1v) is 10.7. The summed E-state index contributed by atoms with van der Waals surface area (Å²) in [6.45, 7) is 3.65. The molecule has 4 rings (SSSR count). The maximum atomic E-state index is 13.2. The second-order valence-electron chi connectivity index (χ2n) is 8.25. The van der Waals surface area contributed by atoms with Crippen molar-refractivity contribution in [2.24, 2.45) is 0 Å². The number of nitrogens with one attached hydrogen (secondary N) is 2. The summed E-state index contributed by atoms with van der Waals surface area (Å²) >= 11 is 0. The summed E-state index contributed by atoms with van der Waals surface area (Å²) in [7, 11) is 0. The van der Waals surface area contributed by atoms with Crippen LogP contribution < -0.4 is 15.8 Å². The number of carbonyl (C=O) groups is 3. The fraction of sp³-hybridized carbons (Fsp3) is 0.192. The number of para-hydroxylation sites is 1. The van der Waals surface area contributed by atoms with Gasteiger partial charge in [-0.15, -0.1) is 0 Å². The van der Waals surface area contributed by atoms with Crippen LogP contribution in [0.3, 0.4) is 0 Å². The number of imide groups is 1. The molecule has 1 heterocycles. The summed E-state index contributed by atoms with van der Waals surface area (Å²) < 4.78 is 0. The number of carbonyl (C=O) groups excluding carboxylic acids is 3. The SMILES string of the molecule is Cc1ccc(C2(C)NC(=O)N(CC(=O)NN(Cc3ccccc3)c3ccccc3)C2=O)cc1. The predicted octanol–water partition coefficient (Wildman–Crippen LogP) is 3.50. The highest BCUT2D eigenvalue weighted by atomic mass is 16.2. The number of hydrogen-bond donors (Lipinski definition) is 2. The van der Waals surface area contributed by atoms with Crippen LogP contribution in [0.1, 0.15) is 23.6 Å². The van der Waals surface area contributed by atoms with Gasteiger partial charge in [0.15, 0.2) is 0 Å². The highest BCUT2D eigenvalue weighted by Gasteiger charge is 2.49. The molecule has 1 atom stereocenters. The number of nitrogens with zero attached hydrogens (tertiary/aromatic N) is 2. The van der Waals surface area contributed by atoms with E-state index in [1.54, 1.807) is 11.9 Å². The van der Waals surface area contributed by atoms with Crippen LogP contribution >= 0.6 is 0 Å². The van der Waals surface area contributed by atoms with Crippen molar-refractivity contribution in [3.63, 3.8) is 0 Å². The minimum Gasteiger partial charge on any atom is -0.319 e. The molecule has 1 unspecified atom stereocenters. The number of benzene rings is 3. The Balaban J connectivity index is 1.49. The van der Waals surface area contributed by atoms with Gasteiger partial charge in [-0.3, -0.25) is 24.9 Å². The molecule has 1 aliphatic rings. The summed E-state index contributed by atoms with van der Waals surface area (Å²) in [6.07, 6.45) is 0. The van der Waals surface area contributed by atoms with E-state index in [0.29, 0.717) is 12.1 Å². The molecule has 1 aliphatic heterocycles. The zero-order valence-electron chi connectivity index (χ0n) is 18.6. The number of anilines is 1. The van der Waals surface area contributed by atoms with Crippen LogP contribution in [0.5, 0.6) is 0 Å². The molecule has 1 saturated heterocycles. The van der Waals surface area contributed by atoms with Crippen molar-refractivity contribution in [2.45, 2.75) is 25.9 Å². The number of aryl methyl sites for hydroxylation is 1. The normalized spacial score (nSPS) is 17.6. The van der Waals surface area contributed by atoms with Crippen LogP contribution in [0, 0.1) is 6.92 Å². The Bertz CT molecular complexity index is 1150. The quantitative estimate of drug-likeness (QED) is 0.434. The molecule has 1 fully saturated rings. The third-order valence-corrected chi connectivity index (χ3v) is 5.72. The second kappa shape index (κ2) is 9.16. The number of urea groups is 1. The van der Waals surface area contributed by atoms with Crippen molar-refractivity contribution >= 4 is 23.5 Å². The Morgan fingerprint density at radius 2 is 1.55 bits per heavy atom. The molecule has 0 aromatic heterocycles. The lowest BCUT2D eigenvalue weighted by Gasteiger charge is -2.26. The van der Waals surface area contributed by atoms with Gasteiger partial charge in [-0.1, -0.05) is 78.4 Å². The van der Waals surface area contributed by atoms with E-state index >= 15 is 0 Å². The van der Waals surface area contributed by atoms with Crippen LogP contribution in [-0.2, 0) is 21.7 Å². The minimum absolute atomic E-state index is 0.385. The van der Waals surface area contributed by atoms with E-state index < -0.39 is 23.4 Å². The van der Waals surface area contributed by atoms with Gasteiger partial charge < -0.3 is 5.32 Å². The van der Waals surface area contributed by atoms with Gasteiger partial charge in [-0.25, -0.2) is 4.79 Å². The monoisotopic (exact) mass is 442 g/mol. The number of amides is 4. The Kier molecular flexibility index (Phi) is 6.13. The zero-order chi connectivity index (χ0) is 23.4. The Hall–Kier alpha value is -4.13. The van der Waals surface area contributed by atoms with Crippen molar-refractivity contribution in [1.82, 2.24) is 15.6 Å². The van der Waals surface area contributed by atoms with Crippen molar-refractivity contribution in [3.05, 3.63) is 102 Å². The molecular weight excluding hydrogens is 416 g/mol. The Morgan fingerprint density at radius 3 is 2.18 bits per heavy atom. The van der Waals surface area contributed by atoms with Crippen LogP contribution in [-0.4, -0.2) is 29.3 Å². The van der Waals surface area contributed by atoms with Crippen LogP contribution in [0.25, 0.3) is 0 Å². The highest BCUT2D eigenvalue weighted by molar-refractivity contribution is 6.09. The van der Waals surface area contributed by atoms with Crippen molar-refractivity contribution in [1.29, 1.82) is 0 Å². The van der Waals surface area contributed by atoms with Gasteiger partial charge in [0.2, 0.25) is 0 Å². The molecular formula is C26H26N4O3. The van der Waals surface area contributed by atoms with Gasteiger partial charge >= 0.3 is 6.03 Å². The van der Waals surface area contributed by atoms with Crippen molar-refractivity contribution < 1.29 is 14.4 Å². The predicted molar refractivity (Wildman–Crippen MR) is 126 cm³/mol. The molecule has 0 radical (unpaired) electrons. The summed E-state index contributed by atoms with van der Waals surface area (Å²) in [4.78, 5) is 39.7. The summed E-state index contributed by atoms with van der Waals surface area (Å²) in [5.41, 5.74) is 5.14. The Morgan fingerprint density at radius 1 is 0.939 bits per heavy atom. The molecule has 0 bridgehead atoms. The maximum Gasteiger partial charge on any atom is 0.325 e. The van der Waals surface area contributed by atoms with E-state index in [9.17, 15) is 14.4 Å². The zero-order valence-corrected chi connectivity index (χ0v) is 18.6. The molecule has 168 valence electrons. The molecule has 33 heavy (non-hydrogen) atoms. The minimum atomic E-state index is -1.21. The lowest BCUT2D eigenvalue weighted by atomic mass is 9.91. The van der Waals surface area contributed by atoms with Crippen molar-refractivity contribution in [2.75, 3.05) is 11.6 Å². The topological polar surface area (TPSA) is 81.8 Å². The van der Waals surface area contributed by atoms with Gasteiger partial charge in [-0.05, 0) is 37.1 Å². The van der Waals surface area contributed by atoms with E-state index in [2.05, 4.69) is 10.7 Å². The van der Waals surface area contributed by atoms with E-state index in [4.69, 9.17) is 0 Å². The van der Waals surface area contributed by atoms with E-state index in [-0.39, 0.29) is 6.54 Å². The van der Waals surface area contributed by atoms with Gasteiger partial charge in [0.05, 0.1) is 12.2 Å².